The molecule has 4 rings (SSSR count). The topological polar surface area (TPSA) is 239 Å². The van der Waals surface area contributed by atoms with Gasteiger partial charge in [0.15, 0.2) is 0 Å². The van der Waals surface area contributed by atoms with E-state index < -0.39 is 11.7 Å². The molecule has 0 saturated carbocycles. The summed E-state index contributed by atoms with van der Waals surface area (Å²) >= 11 is 0. The molecule has 0 aliphatic carbocycles. The van der Waals surface area contributed by atoms with Crippen molar-refractivity contribution in [3.05, 3.63) is 71.5 Å². The number of hydrogen-bond acceptors (Lipinski definition) is 14. The number of hydrogen-bond donors (Lipinski definition) is 4. The predicted molar refractivity (Wildman–Crippen MR) is 300 cm³/mol. The van der Waals surface area contributed by atoms with Crippen LogP contribution in [0.3, 0.4) is 0 Å². The van der Waals surface area contributed by atoms with Crippen molar-refractivity contribution in [1.29, 1.82) is 5.26 Å². The smallest absolute Gasteiger partial charge is 0.317 e. The summed E-state index contributed by atoms with van der Waals surface area (Å²) in [6.07, 6.45) is 9.28. The number of aldehydes is 1. The van der Waals surface area contributed by atoms with E-state index in [0.29, 0.717) is 58.3 Å². The number of ether oxygens (including phenoxy) is 2. The third-order valence-electron chi connectivity index (χ3n) is 11.1. The molecule has 4 aromatic rings. The van der Waals surface area contributed by atoms with Gasteiger partial charge in [0, 0.05) is 73.1 Å². The lowest BCUT2D eigenvalue weighted by molar-refractivity contribution is -0.458. The number of nitrogens with one attached hydrogen (secondary N) is 1. The Kier molecular flexibility index (Phi) is 34.7. The molecule has 2 heterocycles. The molecule has 17 nitrogen and oxygen atoms in total. The zero-order valence-electron chi connectivity index (χ0n) is 47.4. The Balaban J connectivity index is 0.00000155. The number of hydrazine groups is 2. The molecule has 2 aromatic heterocycles. The van der Waals surface area contributed by atoms with Gasteiger partial charge >= 0.3 is 11.7 Å². The van der Waals surface area contributed by atoms with Crippen LogP contribution in [-0.4, -0.2) is 127 Å². The molecule has 412 valence electrons. The second kappa shape index (κ2) is 38.0. The molecule has 2 aromatic carbocycles. The highest BCUT2D eigenvalue weighted by molar-refractivity contribution is 6.33. The molecule has 6 N–H and O–H groups in total. The number of fused-ring (bicyclic) bond motifs is 1. The highest BCUT2D eigenvalue weighted by atomic mass is 16.5. The van der Waals surface area contributed by atoms with Crippen LogP contribution in [0.2, 0.25) is 0 Å². The summed E-state index contributed by atoms with van der Waals surface area (Å²) in [5.74, 6) is 15.5. The standard InChI is InChI=1S/C37H48N4O5.C11H19N3O2.C5H7N2O.C3H8.C2H6/c1-6-41-34-13-12-27(28-17-26(18-29(43)19-28)11-14-35(44)25(2)9-7-16-40-38)20-31(34)32(21-37(3,4)23-46-24-42)36(41)30-10-8-15-39-33(30)22-45-5;1-10(6-5-9-15)14(12)11(16)7-4-8-13(2)3;1-7(2)4-5(8)3-6;1-3-2;1-2/h8,10,12-13,15,17-20,24-25,40,43H,6-7,9,11,14,16,21-23,38H2,1-5H3;9-10H,5-6,8,12H2,1-3H3;4H,1-2H3;3H2,1-2H3;1-2H3/q;;+1;;. The number of carbonyl (C=O) groups is 5. The van der Waals surface area contributed by atoms with Crippen LogP contribution in [0.4, 0.5) is 0 Å². The number of nitrogens with two attached hydrogens (primary N) is 2. The molecule has 2 unspecified atom stereocenters. The molecular formula is C58H88N9O8+. The molecule has 0 saturated heterocycles. The lowest BCUT2D eigenvalue weighted by Gasteiger charge is -2.24. The summed E-state index contributed by atoms with van der Waals surface area (Å²) in [5, 5.41) is 20.8. The number of ketones is 2. The van der Waals surface area contributed by atoms with E-state index in [2.05, 4.69) is 91.8 Å². The summed E-state index contributed by atoms with van der Waals surface area (Å²) in [6, 6.07) is 17.3. The van der Waals surface area contributed by atoms with Gasteiger partial charge in [-0.2, -0.15) is 5.26 Å². The Morgan fingerprint density at radius 2 is 1.71 bits per heavy atom. The number of benzene rings is 2. The van der Waals surface area contributed by atoms with E-state index in [0.717, 1.165) is 80.8 Å². The van der Waals surface area contributed by atoms with Crippen LogP contribution in [0.1, 0.15) is 118 Å². The first-order chi connectivity index (χ1) is 35.7. The number of pyridine rings is 1. The highest BCUT2D eigenvalue weighted by Gasteiger charge is 2.28. The maximum absolute atomic E-state index is 12.8. The van der Waals surface area contributed by atoms with Crippen molar-refractivity contribution in [3.63, 3.8) is 0 Å². The molecule has 75 heavy (non-hydrogen) atoms. The fraction of sp³-hybridized carbons (Fsp3) is 0.517. The molecule has 0 fully saturated rings. The molecule has 17 heteroatoms. The predicted octanol–water partition coefficient (Wildman–Crippen LogP) is 7.85. The van der Waals surface area contributed by atoms with E-state index in [1.807, 2.05) is 45.8 Å². The van der Waals surface area contributed by atoms with Crippen LogP contribution in [0, 0.1) is 34.5 Å². The number of rotatable bonds is 24. The SMILES string of the molecule is CC.CC(CCC=O)N(N)C(=O)C#CCN(C)C.CCC.CCn1c(-c2cccnc2COC)c(CC(C)(C)COC=O)c2cc(-c3cc(O)cc(CCC(=O)C(C)CCCNN)c3)ccc21.C[N+](C)=CC(=O)C#N. The zero-order chi connectivity index (χ0) is 57.1. The van der Waals surface area contributed by atoms with Crippen LogP contribution in [0.25, 0.3) is 33.3 Å². The summed E-state index contributed by atoms with van der Waals surface area (Å²) in [5.41, 5.74) is 10.2. The number of carbonyl (C=O) groups excluding carboxylic acids is 5. The number of methoxy groups -OCH3 is 1. The van der Waals surface area contributed by atoms with Gasteiger partial charge in [-0.1, -0.05) is 72.9 Å². The molecule has 1 amide bonds. The Morgan fingerprint density at radius 3 is 2.27 bits per heavy atom. The van der Waals surface area contributed by atoms with Gasteiger partial charge in [0.1, 0.15) is 38.0 Å². The first-order valence-corrected chi connectivity index (χ1v) is 25.7. The molecule has 0 spiro atoms. The molecule has 0 aliphatic heterocycles. The third kappa shape index (κ3) is 25.5. The van der Waals surface area contributed by atoms with Gasteiger partial charge in [-0.25, -0.2) is 10.4 Å². The van der Waals surface area contributed by atoms with Crippen molar-refractivity contribution in [2.75, 3.05) is 55.0 Å². The summed E-state index contributed by atoms with van der Waals surface area (Å²) in [6.45, 7) is 21.4. The minimum Gasteiger partial charge on any atom is -0.508 e. The van der Waals surface area contributed by atoms with Gasteiger partial charge in [0.25, 0.3) is 6.47 Å². The van der Waals surface area contributed by atoms with Gasteiger partial charge in [-0.15, -0.1) is 0 Å². The number of Topliss-reactive ketones (excluding diaryl/α,β-unsaturated/α-hetero) is 2. The average molecular weight is 1040 g/mol. The fourth-order valence-corrected chi connectivity index (χ4v) is 7.53. The lowest BCUT2D eigenvalue weighted by atomic mass is 9.84. The van der Waals surface area contributed by atoms with E-state index >= 15 is 0 Å². The Labute approximate surface area is 447 Å². The van der Waals surface area contributed by atoms with Crippen molar-refractivity contribution in [2.45, 2.75) is 133 Å². The van der Waals surface area contributed by atoms with Crippen LogP contribution in [0.15, 0.2) is 54.7 Å². The second-order valence-corrected chi connectivity index (χ2v) is 19.0. The number of nitriles is 1. The molecule has 2 atom stereocenters. The third-order valence-corrected chi connectivity index (χ3v) is 11.1. The van der Waals surface area contributed by atoms with Crippen molar-refractivity contribution in [1.82, 2.24) is 24.9 Å². The summed E-state index contributed by atoms with van der Waals surface area (Å²) < 4.78 is 14.6. The van der Waals surface area contributed by atoms with E-state index in [-0.39, 0.29) is 35.5 Å². The van der Waals surface area contributed by atoms with Gasteiger partial charge in [0.05, 0.1) is 31.1 Å². The summed E-state index contributed by atoms with van der Waals surface area (Å²) in [4.78, 5) is 62.2. The normalized spacial score (nSPS) is 11.1. The molecule has 0 bridgehead atoms. The van der Waals surface area contributed by atoms with Crippen molar-refractivity contribution >= 4 is 47.3 Å². The van der Waals surface area contributed by atoms with E-state index in [1.165, 1.54) is 23.3 Å². The maximum atomic E-state index is 12.8. The Hall–Kier alpha value is -6.60. The number of nitrogens with zero attached hydrogens (tertiary/aromatic N) is 6. The number of phenolic OH excluding ortho intramolecular Hbond substituents is 1. The second-order valence-electron chi connectivity index (χ2n) is 19.0. The lowest BCUT2D eigenvalue weighted by Crippen LogP contribution is -2.43. The van der Waals surface area contributed by atoms with E-state index in [4.69, 9.17) is 26.4 Å². The Morgan fingerprint density at radius 1 is 1.03 bits per heavy atom. The number of phenols is 1. The number of amides is 1. The van der Waals surface area contributed by atoms with Crippen molar-refractivity contribution in [2.24, 2.45) is 23.0 Å². The monoisotopic (exact) mass is 1040 g/mol. The Bertz CT molecular complexity index is 2510. The quantitative estimate of drug-likeness (QED) is 0.00602. The minimum absolute atomic E-state index is 0.0341. The summed E-state index contributed by atoms with van der Waals surface area (Å²) in [7, 11) is 8.78. The highest BCUT2D eigenvalue weighted by Crippen LogP contribution is 2.41. The first-order valence-electron chi connectivity index (χ1n) is 25.7. The number of aromatic nitrogens is 2. The molecule has 0 aliphatic rings. The largest absolute Gasteiger partial charge is 0.508 e. The zero-order valence-corrected chi connectivity index (χ0v) is 47.4. The minimum atomic E-state index is -0.519. The van der Waals surface area contributed by atoms with Crippen molar-refractivity contribution < 1.29 is 43.1 Å². The van der Waals surface area contributed by atoms with E-state index in [9.17, 15) is 29.1 Å². The van der Waals surface area contributed by atoms with E-state index in [1.54, 1.807) is 46.5 Å². The van der Waals surface area contributed by atoms with Gasteiger partial charge < -0.3 is 23.9 Å². The van der Waals surface area contributed by atoms with Crippen LogP contribution in [0.5, 0.6) is 5.75 Å². The van der Waals surface area contributed by atoms with Crippen LogP contribution < -0.4 is 17.1 Å². The average Bonchev–Trinajstić information content (AvgIpc) is 3.68. The van der Waals surface area contributed by atoms with Crippen molar-refractivity contribution in [3.8, 4) is 46.0 Å². The van der Waals surface area contributed by atoms with Gasteiger partial charge in [-0.3, -0.25) is 45.3 Å². The molecule has 0 radical (unpaired) electrons. The van der Waals surface area contributed by atoms with Crippen LogP contribution >= 0.6 is 0 Å². The van der Waals surface area contributed by atoms with Gasteiger partial charge in [-0.05, 0) is 125 Å². The fourth-order valence-electron chi connectivity index (χ4n) is 7.53. The molecular weight excluding hydrogens is 951 g/mol. The maximum Gasteiger partial charge on any atom is 0.317 e. The number of aromatic hydroxyl groups is 1. The van der Waals surface area contributed by atoms with Gasteiger partial charge in [0.2, 0.25) is 6.21 Å². The first kappa shape index (κ1) is 68.4. The van der Waals surface area contributed by atoms with Crippen LogP contribution in [-0.2, 0) is 59.4 Å². The number of aryl methyl sites for hydroxylation is 2.